The van der Waals surface area contributed by atoms with E-state index in [1.165, 1.54) is 34.6 Å². The average molecular weight is 432 g/mol. The van der Waals surface area contributed by atoms with Crippen LogP contribution < -0.4 is 5.32 Å². The van der Waals surface area contributed by atoms with Crippen molar-refractivity contribution in [3.05, 3.63) is 66.0 Å². The van der Waals surface area contributed by atoms with Crippen LogP contribution in [0.15, 0.2) is 59.5 Å². The van der Waals surface area contributed by atoms with E-state index >= 15 is 0 Å². The molecule has 1 heterocycles. The van der Waals surface area contributed by atoms with E-state index in [-0.39, 0.29) is 16.6 Å². The number of likely N-dealkylation sites (N-methyl/N-ethyl adjacent to an activating group) is 1. The lowest BCUT2D eigenvalue weighted by Crippen LogP contribution is -2.48. The molecule has 1 aliphatic heterocycles. The van der Waals surface area contributed by atoms with Gasteiger partial charge in [-0.15, -0.1) is 0 Å². The summed E-state index contributed by atoms with van der Waals surface area (Å²) < 4.78 is 40.5. The second-order valence-electron chi connectivity index (χ2n) is 7.19. The summed E-state index contributed by atoms with van der Waals surface area (Å²) in [5.74, 6) is -0.729. The Morgan fingerprint density at radius 3 is 2.40 bits per heavy atom. The first-order valence-electron chi connectivity index (χ1n) is 9.87. The molecule has 0 aromatic heterocycles. The number of nitrogens with one attached hydrogen (secondary N) is 1. The minimum atomic E-state index is -3.62. The van der Waals surface area contributed by atoms with E-state index < -0.39 is 10.0 Å². The van der Waals surface area contributed by atoms with Gasteiger partial charge >= 0.3 is 0 Å². The Hall–Kier alpha value is -2.55. The summed E-state index contributed by atoms with van der Waals surface area (Å²) in [5, 5.41) is 2.70. The Morgan fingerprint density at radius 1 is 1.10 bits per heavy atom. The maximum atomic E-state index is 13.1. The minimum absolute atomic E-state index is 0.157. The Bertz CT molecular complexity index is 1030. The van der Waals surface area contributed by atoms with Crippen molar-refractivity contribution in [2.45, 2.75) is 18.7 Å². The van der Waals surface area contributed by atoms with E-state index in [0.29, 0.717) is 37.4 Å². The van der Waals surface area contributed by atoms with Crippen molar-refractivity contribution < 1.29 is 17.6 Å². The quantitative estimate of drug-likeness (QED) is 0.714. The molecule has 3 rings (SSSR count). The number of hydrogen-bond acceptors (Lipinski definition) is 4. The van der Waals surface area contributed by atoms with Crippen LogP contribution >= 0.6 is 0 Å². The summed E-state index contributed by atoms with van der Waals surface area (Å²) in [6.07, 6.45) is 1.40. The fourth-order valence-corrected chi connectivity index (χ4v) is 4.81. The molecule has 160 valence electrons. The lowest BCUT2D eigenvalue weighted by atomic mass is 10.1. The topological polar surface area (TPSA) is 69.7 Å². The van der Waals surface area contributed by atoms with Crippen LogP contribution in [0, 0.1) is 5.82 Å². The molecule has 0 spiro atoms. The zero-order chi connectivity index (χ0) is 21.7. The summed E-state index contributed by atoms with van der Waals surface area (Å²) in [7, 11) is -3.62. The molecule has 0 unspecified atom stereocenters. The third-order valence-corrected chi connectivity index (χ3v) is 7.06. The van der Waals surface area contributed by atoms with Gasteiger partial charge in [-0.1, -0.05) is 25.1 Å². The van der Waals surface area contributed by atoms with Crippen molar-refractivity contribution >= 4 is 27.2 Å². The third kappa shape index (κ3) is 5.33. The molecule has 1 amide bonds. The van der Waals surface area contributed by atoms with Gasteiger partial charge in [-0.2, -0.15) is 4.31 Å². The molecule has 30 heavy (non-hydrogen) atoms. The number of sulfonamides is 1. The number of halogens is 1. The Balaban J connectivity index is 1.71. The van der Waals surface area contributed by atoms with E-state index in [4.69, 9.17) is 0 Å². The van der Waals surface area contributed by atoms with Gasteiger partial charge in [0.1, 0.15) is 5.82 Å². The second-order valence-corrected chi connectivity index (χ2v) is 9.13. The number of rotatable bonds is 6. The highest BCUT2D eigenvalue weighted by Crippen LogP contribution is 2.21. The number of piperazine rings is 1. The molecule has 8 heteroatoms. The molecule has 2 aromatic carbocycles. The number of hydrogen-bond donors (Lipinski definition) is 1. The zero-order valence-electron chi connectivity index (χ0n) is 17.1. The summed E-state index contributed by atoms with van der Waals surface area (Å²) in [6.45, 7) is 7.03. The van der Waals surface area contributed by atoms with Crippen molar-refractivity contribution in [3.63, 3.8) is 0 Å². The van der Waals surface area contributed by atoms with Gasteiger partial charge in [0.25, 0.3) is 0 Å². The maximum absolute atomic E-state index is 13.1. The van der Waals surface area contributed by atoms with Crippen molar-refractivity contribution in [3.8, 4) is 0 Å². The number of carbonyl (C=O) groups is 1. The van der Waals surface area contributed by atoms with Gasteiger partial charge in [0.05, 0.1) is 4.90 Å². The van der Waals surface area contributed by atoms with Gasteiger partial charge in [0, 0.05) is 37.9 Å². The Kier molecular flexibility index (Phi) is 7.02. The van der Waals surface area contributed by atoms with Crippen LogP contribution in [0.2, 0.25) is 0 Å². The smallest absolute Gasteiger partial charge is 0.248 e. The minimum Gasteiger partial charge on any atom is -0.322 e. The third-order valence-electron chi connectivity index (χ3n) is 5.16. The molecule has 6 nitrogen and oxygen atoms in total. The van der Waals surface area contributed by atoms with Crippen LogP contribution in [0.3, 0.4) is 0 Å². The first kappa shape index (κ1) is 22.1. The molecule has 1 aliphatic rings. The summed E-state index contributed by atoms with van der Waals surface area (Å²) in [5.41, 5.74) is 1.80. The largest absolute Gasteiger partial charge is 0.322 e. The molecule has 0 aliphatic carbocycles. The lowest BCUT2D eigenvalue weighted by molar-refractivity contribution is -0.111. The van der Waals surface area contributed by atoms with Crippen LogP contribution in [0.4, 0.5) is 10.1 Å². The standard InChI is InChI=1S/C22H26FN3O3S/c1-3-25-11-13-26(14-12-25)30(28,29)21-6-4-5-20(16-21)24-22(27)15-17(2)18-7-9-19(23)10-8-18/h4-10,15-16H,3,11-14H2,1-2H3,(H,24,27)/b17-15-. The normalized spacial score (nSPS) is 16.4. The Morgan fingerprint density at radius 2 is 1.77 bits per heavy atom. The molecular formula is C22H26FN3O3S. The molecule has 1 fully saturated rings. The van der Waals surface area contributed by atoms with Crippen LogP contribution in [-0.2, 0) is 14.8 Å². The van der Waals surface area contributed by atoms with E-state index in [0.717, 1.165) is 12.1 Å². The van der Waals surface area contributed by atoms with Crippen molar-refractivity contribution in [1.82, 2.24) is 9.21 Å². The molecule has 0 bridgehead atoms. The van der Waals surface area contributed by atoms with E-state index in [1.807, 2.05) is 0 Å². The van der Waals surface area contributed by atoms with Crippen molar-refractivity contribution in [2.75, 3.05) is 38.0 Å². The van der Waals surface area contributed by atoms with E-state index in [1.54, 1.807) is 31.2 Å². The summed E-state index contributed by atoms with van der Waals surface area (Å²) in [6, 6.07) is 12.1. The average Bonchev–Trinajstić information content (AvgIpc) is 2.74. The van der Waals surface area contributed by atoms with Crippen LogP contribution in [0.1, 0.15) is 19.4 Å². The van der Waals surface area contributed by atoms with Gasteiger partial charge < -0.3 is 10.2 Å². The fraction of sp³-hybridized carbons (Fsp3) is 0.318. The summed E-state index contributed by atoms with van der Waals surface area (Å²) >= 11 is 0. The molecule has 0 saturated carbocycles. The maximum Gasteiger partial charge on any atom is 0.248 e. The first-order valence-corrected chi connectivity index (χ1v) is 11.3. The van der Waals surface area contributed by atoms with Crippen LogP contribution in [0.25, 0.3) is 5.57 Å². The molecule has 0 atom stereocenters. The van der Waals surface area contributed by atoms with Crippen LogP contribution in [0.5, 0.6) is 0 Å². The number of anilines is 1. The molecule has 2 aromatic rings. The monoisotopic (exact) mass is 431 g/mol. The molecule has 1 saturated heterocycles. The van der Waals surface area contributed by atoms with Crippen LogP contribution in [-0.4, -0.2) is 56.3 Å². The SMILES string of the molecule is CCN1CCN(S(=O)(=O)c2cccc(NC(=O)/C=C(/C)c3ccc(F)cc3)c2)CC1. The number of amides is 1. The lowest BCUT2D eigenvalue weighted by Gasteiger charge is -2.33. The fourth-order valence-electron chi connectivity index (χ4n) is 3.34. The van der Waals surface area contributed by atoms with Gasteiger partial charge in [-0.3, -0.25) is 4.79 Å². The Labute approximate surface area is 177 Å². The molecule has 0 radical (unpaired) electrons. The second kappa shape index (κ2) is 9.51. The first-order chi connectivity index (χ1) is 14.3. The van der Waals surface area contributed by atoms with E-state index in [2.05, 4.69) is 17.1 Å². The van der Waals surface area contributed by atoms with Gasteiger partial charge in [-0.25, -0.2) is 12.8 Å². The molecule has 1 N–H and O–H groups in total. The van der Waals surface area contributed by atoms with Gasteiger partial charge in [0.2, 0.25) is 15.9 Å². The predicted molar refractivity (Wildman–Crippen MR) is 116 cm³/mol. The number of carbonyl (C=O) groups excluding carboxylic acids is 1. The zero-order valence-corrected chi connectivity index (χ0v) is 18.0. The highest BCUT2D eigenvalue weighted by molar-refractivity contribution is 7.89. The number of nitrogens with zero attached hydrogens (tertiary/aromatic N) is 2. The number of allylic oxidation sites excluding steroid dienone is 1. The van der Waals surface area contributed by atoms with Crippen molar-refractivity contribution in [2.24, 2.45) is 0 Å². The van der Waals surface area contributed by atoms with Gasteiger partial charge in [-0.05, 0) is 54.9 Å². The highest BCUT2D eigenvalue weighted by atomic mass is 32.2. The predicted octanol–water partition coefficient (Wildman–Crippen LogP) is 3.19. The number of benzene rings is 2. The highest BCUT2D eigenvalue weighted by Gasteiger charge is 2.28. The van der Waals surface area contributed by atoms with E-state index in [9.17, 15) is 17.6 Å². The van der Waals surface area contributed by atoms with Gasteiger partial charge in [0.15, 0.2) is 0 Å². The summed E-state index contributed by atoms with van der Waals surface area (Å²) in [4.78, 5) is 14.7. The molecular weight excluding hydrogens is 405 g/mol. The van der Waals surface area contributed by atoms with Crippen molar-refractivity contribution in [1.29, 1.82) is 0 Å².